The molecule has 2 aromatic rings. The van der Waals surface area contributed by atoms with E-state index in [1.165, 1.54) is 18.3 Å². The van der Waals surface area contributed by atoms with E-state index in [1.807, 2.05) is 0 Å². The van der Waals surface area contributed by atoms with Crippen LogP contribution in [-0.4, -0.2) is 24.6 Å². The summed E-state index contributed by atoms with van der Waals surface area (Å²) in [7, 11) is -3.22. The van der Waals surface area contributed by atoms with Gasteiger partial charge in [0.15, 0.2) is 9.84 Å². The molecular formula is C11H8BrClN2O3S. The molecule has 0 bridgehead atoms. The molecular weight excluding hydrogens is 356 g/mol. The highest BCUT2D eigenvalue weighted by atomic mass is 79.9. The Bertz CT molecular complexity index is 704. The van der Waals surface area contributed by atoms with Gasteiger partial charge in [-0.15, -0.1) is 0 Å². The number of hydrogen-bond donors (Lipinski definition) is 0. The number of halogens is 2. The van der Waals surface area contributed by atoms with E-state index in [0.717, 1.165) is 6.26 Å². The van der Waals surface area contributed by atoms with Gasteiger partial charge in [-0.3, -0.25) is 0 Å². The Labute approximate surface area is 123 Å². The number of ether oxygens (including phenoxy) is 1. The summed E-state index contributed by atoms with van der Waals surface area (Å²) in [4.78, 5) is 7.90. The molecule has 8 heteroatoms. The summed E-state index contributed by atoms with van der Waals surface area (Å²) >= 11 is 8.90. The van der Waals surface area contributed by atoms with E-state index in [1.54, 1.807) is 12.1 Å². The second kappa shape index (κ2) is 5.44. The normalized spacial score (nSPS) is 11.3. The Morgan fingerprint density at radius 1 is 1.26 bits per heavy atom. The van der Waals surface area contributed by atoms with Crippen molar-refractivity contribution in [3.63, 3.8) is 0 Å². The van der Waals surface area contributed by atoms with Gasteiger partial charge in [-0.1, -0.05) is 0 Å². The van der Waals surface area contributed by atoms with Crippen LogP contribution in [0.15, 0.2) is 39.8 Å². The average molecular weight is 364 g/mol. The van der Waals surface area contributed by atoms with Gasteiger partial charge in [0.1, 0.15) is 5.75 Å². The first-order chi connectivity index (χ1) is 8.86. The zero-order valence-electron chi connectivity index (χ0n) is 9.67. The van der Waals surface area contributed by atoms with Crippen LogP contribution in [0.4, 0.5) is 0 Å². The van der Waals surface area contributed by atoms with Crippen LogP contribution in [0.2, 0.25) is 5.28 Å². The zero-order chi connectivity index (χ0) is 14.0. The smallest absolute Gasteiger partial charge is 0.237 e. The highest BCUT2D eigenvalue weighted by molar-refractivity contribution is 9.10. The van der Waals surface area contributed by atoms with Gasteiger partial charge < -0.3 is 4.74 Å². The van der Waals surface area contributed by atoms with Crippen LogP contribution in [0.25, 0.3) is 0 Å². The maximum absolute atomic E-state index is 11.3. The molecule has 0 aliphatic carbocycles. The molecule has 2 rings (SSSR count). The van der Waals surface area contributed by atoms with E-state index in [2.05, 4.69) is 25.9 Å². The third-order valence-corrected chi connectivity index (χ3v) is 4.00. The van der Waals surface area contributed by atoms with Crippen molar-refractivity contribution in [1.29, 1.82) is 0 Å². The van der Waals surface area contributed by atoms with E-state index >= 15 is 0 Å². The Morgan fingerprint density at radius 3 is 2.47 bits per heavy atom. The van der Waals surface area contributed by atoms with Crippen LogP contribution in [0.5, 0.6) is 11.6 Å². The molecule has 0 saturated heterocycles. The third-order valence-electron chi connectivity index (χ3n) is 2.15. The maximum atomic E-state index is 11.3. The second-order valence-electron chi connectivity index (χ2n) is 3.64. The highest BCUT2D eigenvalue weighted by Gasteiger charge is 2.09. The van der Waals surface area contributed by atoms with Crippen LogP contribution in [0.3, 0.4) is 0 Å². The van der Waals surface area contributed by atoms with Crippen LogP contribution in [0, 0.1) is 0 Å². The molecule has 1 aromatic heterocycles. The second-order valence-corrected chi connectivity index (χ2v) is 6.85. The molecule has 5 nitrogen and oxygen atoms in total. The molecule has 0 N–H and O–H groups in total. The lowest BCUT2D eigenvalue weighted by Gasteiger charge is -2.07. The number of sulfone groups is 1. The number of aromatic nitrogens is 2. The summed E-state index contributed by atoms with van der Waals surface area (Å²) in [5.41, 5.74) is 0. The Kier molecular flexibility index (Phi) is 4.07. The predicted octanol–water partition coefficient (Wildman–Crippen LogP) is 3.09. The molecule has 0 atom stereocenters. The van der Waals surface area contributed by atoms with Crippen molar-refractivity contribution >= 4 is 37.4 Å². The van der Waals surface area contributed by atoms with E-state index in [9.17, 15) is 8.42 Å². The number of benzene rings is 1. The Morgan fingerprint density at radius 2 is 1.89 bits per heavy atom. The van der Waals surface area contributed by atoms with E-state index in [-0.39, 0.29) is 16.1 Å². The van der Waals surface area contributed by atoms with Crippen LogP contribution < -0.4 is 4.74 Å². The van der Waals surface area contributed by atoms with Crippen LogP contribution in [-0.2, 0) is 9.84 Å². The van der Waals surface area contributed by atoms with Crippen molar-refractivity contribution in [2.24, 2.45) is 0 Å². The van der Waals surface area contributed by atoms with Crippen molar-refractivity contribution < 1.29 is 13.2 Å². The van der Waals surface area contributed by atoms with Gasteiger partial charge >= 0.3 is 0 Å². The van der Waals surface area contributed by atoms with Gasteiger partial charge in [0, 0.05) is 12.5 Å². The summed E-state index contributed by atoms with van der Waals surface area (Å²) in [6, 6.07) is 6.00. The molecule has 1 heterocycles. The number of nitrogens with zero attached hydrogens (tertiary/aromatic N) is 2. The van der Waals surface area contributed by atoms with Gasteiger partial charge in [0.25, 0.3) is 0 Å². The average Bonchev–Trinajstić information content (AvgIpc) is 2.33. The first kappa shape index (κ1) is 14.2. The van der Waals surface area contributed by atoms with Gasteiger partial charge in [-0.05, 0) is 51.8 Å². The third kappa shape index (κ3) is 3.65. The van der Waals surface area contributed by atoms with Gasteiger partial charge in [0.2, 0.25) is 11.2 Å². The van der Waals surface area contributed by atoms with Crippen molar-refractivity contribution in [3.8, 4) is 11.6 Å². The van der Waals surface area contributed by atoms with E-state index in [0.29, 0.717) is 10.2 Å². The van der Waals surface area contributed by atoms with Crippen molar-refractivity contribution in [3.05, 3.63) is 40.2 Å². The molecule has 0 spiro atoms. The Hall–Kier alpha value is -1.18. The minimum Gasteiger partial charge on any atom is -0.438 e. The summed E-state index contributed by atoms with van der Waals surface area (Å²) in [5.74, 6) is 0.704. The lowest BCUT2D eigenvalue weighted by molar-refractivity contribution is 0.457. The standard InChI is InChI=1S/C11H8BrClN2O3S/c1-19(16,17)8-4-2-7(3-5-8)18-10-9(12)6-14-11(13)15-10/h2-6H,1H3. The number of rotatable bonds is 3. The van der Waals surface area contributed by atoms with Crippen molar-refractivity contribution in [2.45, 2.75) is 4.90 Å². The summed E-state index contributed by atoms with van der Waals surface area (Å²) in [6.07, 6.45) is 2.61. The summed E-state index contributed by atoms with van der Waals surface area (Å²) in [6.45, 7) is 0. The SMILES string of the molecule is CS(=O)(=O)c1ccc(Oc2nc(Cl)ncc2Br)cc1. The number of hydrogen-bond acceptors (Lipinski definition) is 5. The molecule has 1 aromatic carbocycles. The summed E-state index contributed by atoms with van der Waals surface area (Å²) in [5, 5.41) is 0.0611. The fraction of sp³-hybridized carbons (Fsp3) is 0.0909. The Balaban J connectivity index is 2.27. The van der Waals surface area contributed by atoms with Gasteiger partial charge in [0.05, 0.1) is 9.37 Å². The first-order valence-electron chi connectivity index (χ1n) is 5.02. The van der Waals surface area contributed by atoms with Gasteiger partial charge in [-0.25, -0.2) is 13.4 Å². The highest BCUT2D eigenvalue weighted by Crippen LogP contribution is 2.28. The molecule has 0 amide bonds. The lowest BCUT2D eigenvalue weighted by Crippen LogP contribution is -1.97. The molecule has 0 saturated carbocycles. The molecule has 0 unspecified atom stereocenters. The first-order valence-corrected chi connectivity index (χ1v) is 8.08. The quantitative estimate of drug-likeness (QED) is 0.784. The molecule has 0 fully saturated rings. The van der Waals surface area contributed by atoms with Crippen LogP contribution >= 0.6 is 27.5 Å². The van der Waals surface area contributed by atoms with Gasteiger partial charge in [-0.2, -0.15) is 4.98 Å². The molecule has 0 aliphatic heterocycles. The topological polar surface area (TPSA) is 69.2 Å². The minimum atomic E-state index is -3.22. The van der Waals surface area contributed by atoms with E-state index < -0.39 is 9.84 Å². The maximum Gasteiger partial charge on any atom is 0.237 e. The largest absolute Gasteiger partial charge is 0.438 e. The van der Waals surface area contributed by atoms with Crippen LogP contribution in [0.1, 0.15) is 0 Å². The molecule has 0 aliphatic rings. The molecule has 100 valence electrons. The lowest BCUT2D eigenvalue weighted by atomic mass is 10.3. The summed E-state index contributed by atoms with van der Waals surface area (Å²) < 4.78 is 28.7. The molecule has 0 radical (unpaired) electrons. The zero-order valence-corrected chi connectivity index (χ0v) is 12.8. The van der Waals surface area contributed by atoms with Crippen molar-refractivity contribution in [1.82, 2.24) is 9.97 Å². The predicted molar refractivity (Wildman–Crippen MR) is 74.4 cm³/mol. The van der Waals surface area contributed by atoms with E-state index in [4.69, 9.17) is 16.3 Å². The minimum absolute atomic E-state index is 0.0611. The monoisotopic (exact) mass is 362 g/mol. The molecule has 19 heavy (non-hydrogen) atoms. The fourth-order valence-electron chi connectivity index (χ4n) is 1.27. The van der Waals surface area contributed by atoms with Crippen molar-refractivity contribution in [2.75, 3.05) is 6.26 Å². The fourth-order valence-corrected chi connectivity index (χ4v) is 2.30.